The summed E-state index contributed by atoms with van der Waals surface area (Å²) in [5, 5.41) is 11.1. The minimum atomic E-state index is 0.331. The van der Waals surface area contributed by atoms with Crippen LogP contribution in [0.3, 0.4) is 0 Å². The normalized spacial score (nSPS) is 10.3. The fraction of sp³-hybridized carbons (Fsp3) is 0.0667. The Labute approximate surface area is 142 Å². The molecule has 0 atom stereocenters. The summed E-state index contributed by atoms with van der Waals surface area (Å²) in [7, 11) is 0. The second-order valence-electron chi connectivity index (χ2n) is 4.56. The summed E-state index contributed by atoms with van der Waals surface area (Å²) < 4.78 is 5.20. The van der Waals surface area contributed by atoms with Crippen molar-refractivity contribution < 1.29 is 4.52 Å². The number of hydrogen-bond donors (Lipinski definition) is 2. The first-order chi connectivity index (χ1) is 11.2. The standard InChI is InChI=1S/C15H12ClN5OS/c16-11-3-1-10(2-4-11)14-20-13(22-21-14)9-18-15(23)19-12-5-7-17-8-6-12/h1-8H,9H2,(H2,17,18,19,23). The SMILES string of the molecule is S=C(NCc1nc(-c2ccc(Cl)cc2)no1)Nc1ccncc1. The summed E-state index contributed by atoms with van der Waals surface area (Å²) in [6.45, 7) is 0.331. The van der Waals surface area contributed by atoms with Gasteiger partial charge in [0.1, 0.15) is 0 Å². The lowest BCUT2D eigenvalue weighted by molar-refractivity contribution is 0.376. The van der Waals surface area contributed by atoms with Gasteiger partial charge in [-0.3, -0.25) is 4.98 Å². The second-order valence-corrected chi connectivity index (χ2v) is 5.41. The van der Waals surface area contributed by atoms with E-state index in [2.05, 4.69) is 25.8 Å². The molecule has 0 unspecified atom stereocenters. The number of nitrogens with zero attached hydrogens (tertiary/aromatic N) is 3. The Hall–Kier alpha value is -2.51. The maximum atomic E-state index is 5.86. The topological polar surface area (TPSA) is 75.9 Å². The molecule has 0 amide bonds. The quantitative estimate of drug-likeness (QED) is 0.703. The molecule has 23 heavy (non-hydrogen) atoms. The summed E-state index contributed by atoms with van der Waals surface area (Å²) in [6.07, 6.45) is 3.36. The largest absolute Gasteiger partial charge is 0.353 e. The molecular weight excluding hydrogens is 334 g/mol. The number of halogens is 1. The van der Waals surface area contributed by atoms with E-state index in [1.165, 1.54) is 0 Å². The van der Waals surface area contributed by atoms with E-state index in [0.29, 0.717) is 28.4 Å². The van der Waals surface area contributed by atoms with Crippen LogP contribution in [0.25, 0.3) is 11.4 Å². The highest BCUT2D eigenvalue weighted by Crippen LogP contribution is 2.18. The summed E-state index contributed by atoms with van der Waals surface area (Å²) in [5.41, 5.74) is 1.69. The molecule has 2 N–H and O–H groups in total. The van der Waals surface area contributed by atoms with Crippen molar-refractivity contribution >= 4 is 34.6 Å². The molecule has 3 rings (SSSR count). The molecule has 0 saturated heterocycles. The fourth-order valence-corrected chi connectivity index (χ4v) is 2.13. The zero-order valence-electron chi connectivity index (χ0n) is 11.9. The predicted molar refractivity (Wildman–Crippen MR) is 92.0 cm³/mol. The highest BCUT2D eigenvalue weighted by molar-refractivity contribution is 7.80. The number of thiocarbonyl (C=S) groups is 1. The van der Waals surface area contributed by atoms with E-state index in [1.54, 1.807) is 24.5 Å². The number of rotatable bonds is 4. The summed E-state index contributed by atoms with van der Waals surface area (Å²) in [4.78, 5) is 8.25. The van der Waals surface area contributed by atoms with Gasteiger partial charge < -0.3 is 15.2 Å². The predicted octanol–water partition coefficient (Wildman–Crippen LogP) is 3.27. The van der Waals surface area contributed by atoms with E-state index < -0.39 is 0 Å². The Morgan fingerprint density at radius 3 is 2.61 bits per heavy atom. The van der Waals surface area contributed by atoms with Crippen molar-refractivity contribution in [2.24, 2.45) is 0 Å². The van der Waals surface area contributed by atoms with E-state index in [4.69, 9.17) is 28.3 Å². The zero-order chi connectivity index (χ0) is 16.1. The van der Waals surface area contributed by atoms with Crippen molar-refractivity contribution in [3.63, 3.8) is 0 Å². The zero-order valence-corrected chi connectivity index (χ0v) is 13.4. The first kappa shape index (κ1) is 15.4. The van der Waals surface area contributed by atoms with Crippen LogP contribution in [0.1, 0.15) is 5.89 Å². The van der Waals surface area contributed by atoms with Gasteiger partial charge >= 0.3 is 0 Å². The molecule has 116 valence electrons. The van der Waals surface area contributed by atoms with Crippen LogP contribution in [-0.4, -0.2) is 20.2 Å². The Bertz CT molecular complexity index is 791. The summed E-state index contributed by atoms with van der Waals surface area (Å²) in [6, 6.07) is 10.9. The van der Waals surface area contributed by atoms with Crippen LogP contribution in [0, 0.1) is 0 Å². The van der Waals surface area contributed by atoms with E-state index in [9.17, 15) is 0 Å². The number of benzene rings is 1. The van der Waals surface area contributed by atoms with Gasteiger partial charge in [0.05, 0.1) is 6.54 Å². The third-order valence-corrected chi connectivity index (χ3v) is 3.41. The lowest BCUT2D eigenvalue weighted by Crippen LogP contribution is -2.27. The van der Waals surface area contributed by atoms with Gasteiger partial charge in [0.15, 0.2) is 5.11 Å². The van der Waals surface area contributed by atoms with Gasteiger partial charge in [-0.05, 0) is 48.6 Å². The minimum Gasteiger partial charge on any atom is -0.353 e. The molecule has 2 heterocycles. The lowest BCUT2D eigenvalue weighted by atomic mass is 10.2. The third-order valence-electron chi connectivity index (χ3n) is 2.91. The number of nitrogens with one attached hydrogen (secondary N) is 2. The van der Waals surface area contributed by atoms with Crippen LogP contribution < -0.4 is 10.6 Å². The van der Waals surface area contributed by atoms with Gasteiger partial charge in [-0.25, -0.2) is 0 Å². The van der Waals surface area contributed by atoms with Gasteiger partial charge in [-0.15, -0.1) is 0 Å². The average molecular weight is 346 g/mol. The van der Waals surface area contributed by atoms with Crippen LogP contribution in [0.15, 0.2) is 53.3 Å². The van der Waals surface area contributed by atoms with E-state index >= 15 is 0 Å². The Morgan fingerprint density at radius 2 is 1.87 bits per heavy atom. The van der Waals surface area contributed by atoms with Crippen molar-refractivity contribution in [2.45, 2.75) is 6.54 Å². The van der Waals surface area contributed by atoms with Crippen LogP contribution in [0.2, 0.25) is 5.02 Å². The summed E-state index contributed by atoms with van der Waals surface area (Å²) in [5.74, 6) is 0.945. The van der Waals surface area contributed by atoms with Gasteiger partial charge in [0.25, 0.3) is 0 Å². The van der Waals surface area contributed by atoms with E-state index in [1.807, 2.05) is 24.3 Å². The molecule has 0 aliphatic heterocycles. The first-order valence-corrected chi connectivity index (χ1v) is 7.53. The third kappa shape index (κ3) is 4.24. The molecule has 0 fully saturated rings. The van der Waals surface area contributed by atoms with Gasteiger partial charge in [-0.2, -0.15) is 4.98 Å². The highest BCUT2D eigenvalue weighted by atomic mass is 35.5. The molecule has 1 aromatic carbocycles. The number of anilines is 1. The maximum Gasteiger partial charge on any atom is 0.246 e. The van der Waals surface area contributed by atoms with Crippen molar-refractivity contribution in [3.8, 4) is 11.4 Å². The Kier molecular flexibility index (Phi) is 4.80. The Morgan fingerprint density at radius 1 is 1.13 bits per heavy atom. The number of hydrogen-bond acceptors (Lipinski definition) is 5. The molecule has 6 nitrogen and oxygen atoms in total. The van der Waals surface area contributed by atoms with Crippen LogP contribution in [-0.2, 0) is 6.54 Å². The monoisotopic (exact) mass is 345 g/mol. The molecular formula is C15H12ClN5OS. The van der Waals surface area contributed by atoms with Gasteiger partial charge in [-0.1, -0.05) is 16.8 Å². The number of pyridine rings is 1. The smallest absolute Gasteiger partial charge is 0.246 e. The molecule has 2 aromatic heterocycles. The first-order valence-electron chi connectivity index (χ1n) is 6.74. The van der Waals surface area contributed by atoms with Gasteiger partial charge in [0, 0.05) is 28.7 Å². The molecule has 0 saturated carbocycles. The maximum absolute atomic E-state index is 5.86. The Balaban J connectivity index is 1.57. The van der Waals surface area contributed by atoms with Crippen molar-refractivity contribution in [1.82, 2.24) is 20.4 Å². The lowest BCUT2D eigenvalue weighted by Gasteiger charge is -2.07. The highest BCUT2D eigenvalue weighted by Gasteiger charge is 2.09. The van der Waals surface area contributed by atoms with Crippen LogP contribution in [0.5, 0.6) is 0 Å². The minimum absolute atomic E-state index is 0.331. The second kappa shape index (κ2) is 7.17. The van der Waals surface area contributed by atoms with Crippen LogP contribution in [0.4, 0.5) is 5.69 Å². The van der Waals surface area contributed by atoms with E-state index in [-0.39, 0.29) is 0 Å². The fourth-order valence-electron chi connectivity index (χ4n) is 1.81. The molecule has 0 aliphatic rings. The summed E-state index contributed by atoms with van der Waals surface area (Å²) >= 11 is 11.1. The van der Waals surface area contributed by atoms with E-state index in [0.717, 1.165) is 11.3 Å². The van der Waals surface area contributed by atoms with Gasteiger partial charge in [0.2, 0.25) is 11.7 Å². The molecule has 0 bridgehead atoms. The molecule has 0 spiro atoms. The van der Waals surface area contributed by atoms with Crippen molar-refractivity contribution in [1.29, 1.82) is 0 Å². The average Bonchev–Trinajstić information content (AvgIpc) is 3.04. The molecule has 3 aromatic rings. The molecule has 8 heteroatoms. The number of aromatic nitrogens is 3. The van der Waals surface area contributed by atoms with Crippen molar-refractivity contribution in [3.05, 3.63) is 59.7 Å². The van der Waals surface area contributed by atoms with Crippen LogP contribution >= 0.6 is 23.8 Å². The van der Waals surface area contributed by atoms with Crippen molar-refractivity contribution in [2.75, 3.05) is 5.32 Å². The molecule has 0 radical (unpaired) electrons. The molecule has 0 aliphatic carbocycles.